The molecular formula is C15H16FN. The standard InChI is InChI=1S/C15H16FN/c1-2-17(14-11-7-4-8-12-14)15(16)13-9-5-3-6-10-13/h3-12,15H,2H2,1H3. The number of rotatable bonds is 4. The normalized spacial score (nSPS) is 12.1. The van der Waals surface area contributed by atoms with Gasteiger partial charge in [-0.1, -0.05) is 48.5 Å². The van der Waals surface area contributed by atoms with Crippen LogP contribution in [0.25, 0.3) is 0 Å². The van der Waals surface area contributed by atoms with Crippen molar-refractivity contribution in [2.75, 3.05) is 11.4 Å². The summed E-state index contributed by atoms with van der Waals surface area (Å²) in [4.78, 5) is 1.75. The third-order valence-corrected chi connectivity index (χ3v) is 2.78. The summed E-state index contributed by atoms with van der Waals surface area (Å²) in [6, 6.07) is 18.9. The molecule has 0 spiro atoms. The minimum Gasteiger partial charge on any atom is -0.338 e. The Bertz CT molecular complexity index is 441. The fourth-order valence-corrected chi connectivity index (χ4v) is 1.89. The smallest absolute Gasteiger partial charge is 0.198 e. The van der Waals surface area contributed by atoms with E-state index >= 15 is 0 Å². The summed E-state index contributed by atoms with van der Waals surface area (Å²) in [7, 11) is 0. The van der Waals surface area contributed by atoms with E-state index in [0.717, 1.165) is 5.69 Å². The Morgan fingerprint density at radius 1 is 0.941 bits per heavy atom. The van der Waals surface area contributed by atoms with Crippen LogP contribution in [-0.4, -0.2) is 6.54 Å². The summed E-state index contributed by atoms with van der Waals surface area (Å²) in [5.41, 5.74) is 1.60. The van der Waals surface area contributed by atoms with Gasteiger partial charge in [0.25, 0.3) is 0 Å². The molecule has 0 saturated carbocycles. The molecule has 2 rings (SSSR count). The van der Waals surface area contributed by atoms with Gasteiger partial charge in [0.2, 0.25) is 0 Å². The first-order valence-corrected chi connectivity index (χ1v) is 5.83. The third-order valence-electron chi connectivity index (χ3n) is 2.78. The van der Waals surface area contributed by atoms with Crippen molar-refractivity contribution in [3.8, 4) is 0 Å². The van der Waals surface area contributed by atoms with Crippen molar-refractivity contribution in [1.29, 1.82) is 0 Å². The van der Waals surface area contributed by atoms with E-state index < -0.39 is 6.30 Å². The van der Waals surface area contributed by atoms with Crippen LogP contribution in [0.3, 0.4) is 0 Å². The summed E-state index contributed by atoms with van der Waals surface area (Å²) >= 11 is 0. The van der Waals surface area contributed by atoms with E-state index in [4.69, 9.17) is 0 Å². The van der Waals surface area contributed by atoms with Gasteiger partial charge in [-0.3, -0.25) is 0 Å². The monoisotopic (exact) mass is 229 g/mol. The van der Waals surface area contributed by atoms with Gasteiger partial charge in [-0.05, 0) is 19.1 Å². The first-order chi connectivity index (χ1) is 8.33. The molecule has 1 unspecified atom stereocenters. The van der Waals surface area contributed by atoms with Crippen molar-refractivity contribution in [2.24, 2.45) is 0 Å². The first-order valence-electron chi connectivity index (χ1n) is 5.83. The van der Waals surface area contributed by atoms with E-state index in [9.17, 15) is 4.39 Å². The van der Waals surface area contributed by atoms with Gasteiger partial charge >= 0.3 is 0 Å². The van der Waals surface area contributed by atoms with Crippen molar-refractivity contribution in [3.63, 3.8) is 0 Å². The van der Waals surface area contributed by atoms with Gasteiger partial charge < -0.3 is 4.90 Å². The minimum absolute atomic E-state index is 0.639. The molecule has 0 radical (unpaired) electrons. The molecule has 1 nitrogen and oxygen atoms in total. The highest BCUT2D eigenvalue weighted by atomic mass is 19.1. The highest BCUT2D eigenvalue weighted by molar-refractivity contribution is 5.47. The molecule has 2 heteroatoms. The van der Waals surface area contributed by atoms with Gasteiger partial charge in [0.1, 0.15) is 0 Å². The molecule has 2 aromatic rings. The molecule has 2 aromatic carbocycles. The maximum Gasteiger partial charge on any atom is 0.198 e. The largest absolute Gasteiger partial charge is 0.338 e. The second-order valence-corrected chi connectivity index (χ2v) is 3.87. The molecule has 0 aromatic heterocycles. The van der Waals surface area contributed by atoms with Crippen LogP contribution in [0.2, 0.25) is 0 Å². The Labute approximate surface area is 102 Å². The molecule has 88 valence electrons. The fourth-order valence-electron chi connectivity index (χ4n) is 1.89. The minimum atomic E-state index is -1.09. The highest BCUT2D eigenvalue weighted by Crippen LogP contribution is 2.27. The van der Waals surface area contributed by atoms with Crippen LogP contribution in [0.1, 0.15) is 18.8 Å². The Hall–Kier alpha value is -1.83. The summed E-state index contributed by atoms with van der Waals surface area (Å²) in [5, 5.41) is 0. The SMILES string of the molecule is CCN(c1ccccc1)C(F)c1ccccc1. The summed E-state index contributed by atoms with van der Waals surface area (Å²) in [6.07, 6.45) is -1.09. The van der Waals surface area contributed by atoms with E-state index in [-0.39, 0.29) is 0 Å². The van der Waals surface area contributed by atoms with Crippen LogP contribution in [0.15, 0.2) is 60.7 Å². The number of benzene rings is 2. The number of hydrogen-bond donors (Lipinski definition) is 0. The molecular weight excluding hydrogens is 213 g/mol. The van der Waals surface area contributed by atoms with E-state index in [1.165, 1.54) is 0 Å². The number of hydrogen-bond acceptors (Lipinski definition) is 1. The summed E-state index contributed by atoms with van der Waals surface area (Å²) < 4.78 is 14.4. The van der Waals surface area contributed by atoms with Crippen LogP contribution in [0, 0.1) is 0 Å². The van der Waals surface area contributed by atoms with Crippen LogP contribution in [0.4, 0.5) is 10.1 Å². The van der Waals surface area contributed by atoms with Gasteiger partial charge in [-0.2, -0.15) is 0 Å². The molecule has 0 aliphatic rings. The van der Waals surface area contributed by atoms with E-state index in [0.29, 0.717) is 12.1 Å². The number of alkyl halides is 1. The topological polar surface area (TPSA) is 3.24 Å². The van der Waals surface area contributed by atoms with E-state index in [1.807, 2.05) is 67.6 Å². The molecule has 1 atom stereocenters. The number of nitrogens with zero attached hydrogens (tertiary/aromatic N) is 1. The zero-order valence-electron chi connectivity index (χ0n) is 9.88. The second kappa shape index (κ2) is 5.48. The number of halogens is 1. The Morgan fingerprint density at radius 3 is 2.00 bits per heavy atom. The summed E-state index contributed by atoms with van der Waals surface area (Å²) in [5.74, 6) is 0. The van der Waals surface area contributed by atoms with Crippen LogP contribution >= 0.6 is 0 Å². The lowest BCUT2D eigenvalue weighted by atomic mass is 10.2. The molecule has 0 fully saturated rings. The zero-order chi connectivity index (χ0) is 12.1. The van der Waals surface area contributed by atoms with Crippen molar-refractivity contribution >= 4 is 5.69 Å². The van der Waals surface area contributed by atoms with Crippen molar-refractivity contribution in [3.05, 3.63) is 66.2 Å². The quantitative estimate of drug-likeness (QED) is 0.711. The molecule has 17 heavy (non-hydrogen) atoms. The van der Waals surface area contributed by atoms with Crippen molar-refractivity contribution in [1.82, 2.24) is 0 Å². The van der Waals surface area contributed by atoms with Gasteiger partial charge in [0.05, 0.1) is 0 Å². The maximum atomic E-state index is 14.4. The van der Waals surface area contributed by atoms with E-state index in [1.54, 1.807) is 4.90 Å². The Morgan fingerprint density at radius 2 is 1.47 bits per heavy atom. The molecule has 0 aliphatic heterocycles. The zero-order valence-corrected chi connectivity index (χ0v) is 9.88. The van der Waals surface area contributed by atoms with Gasteiger partial charge in [-0.15, -0.1) is 0 Å². The molecule has 0 amide bonds. The van der Waals surface area contributed by atoms with Crippen LogP contribution in [-0.2, 0) is 0 Å². The second-order valence-electron chi connectivity index (χ2n) is 3.87. The van der Waals surface area contributed by atoms with Gasteiger partial charge in [0, 0.05) is 17.8 Å². The third kappa shape index (κ3) is 2.64. The van der Waals surface area contributed by atoms with Gasteiger partial charge in [0.15, 0.2) is 6.30 Å². The molecule has 0 bridgehead atoms. The van der Waals surface area contributed by atoms with E-state index in [2.05, 4.69) is 0 Å². The average molecular weight is 229 g/mol. The number of para-hydroxylation sites is 1. The predicted molar refractivity (Wildman–Crippen MR) is 69.8 cm³/mol. The predicted octanol–water partition coefficient (Wildman–Crippen LogP) is 4.18. The van der Waals surface area contributed by atoms with Gasteiger partial charge in [-0.25, -0.2) is 4.39 Å². The van der Waals surface area contributed by atoms with Crippen molar-refractivity contribution < 1.29 is 4.39 Å². The fraction of sp³-hybridized carbons (Fsp3) is 0.200. The highest BCUT2D eigenvalue weighted by Gasteiger charge is 2.17. The molecule has 0 saturated heterocycles. The molecule has 0 N–H and O–H groups in total. The lowest BCUT2D eigenvalue weighted by Crippen LogP contribution is -2.25. The van der Waals surface area contributed by atoms with Crippen molar-refractivity contribution in [2.45, 2.75) is 13.2 Å². The number of anilines is 1. The Balaban J connectivity index is 2.25. The lowest BCUT2D eigenvalue weighted by molar-refractivity contribution is 0.330. The Kier molecular flexibility index (Phi) is 3.76. The molecule has 0 aliphatic carbocycles. The van der Waals surface area contributed by atoms with Crippen LogP contribution < -0.4 is 4.90 Å². The lowest BCUT2D eigenvalue weighted by Gasteiger charge is -2.27. The van der Waals surface area contributed by atoms with Crippen LogP contribution in [0.5, 0.6) is 0 Å². The summed E-state index contributed by atoms with van der Waals surface area (Å²) in [6.45, 7) is 2.60. The maximum absolute atomic E-state index is 14.4. The molecule has 0 heterocycles. The average Bonchev–Trinajstić information content (AvgIpc) is 2.42. The first kappa shape index (κ1) is 11.6.